The van der Waals surface area contributed by atoms with Gasteiger partial charge in [-0.2, -0.15) is 0 Å². The minimum atomic E-state index is -2.64. The van der Waals surface area contributed by atoms with Crippen LogP contribution in [0.4, 0.5) is 0 Å². The van der Waals surface area contributed by atoms with Crippen LogP contribution in [-0.4, -0.2) is 31.3 Å². The van der Waals surface area contributed by atoms with E-state index in [2.05, 4.69) is 102 Å². The molecule has 3 aromatic heterocycles. The van der Waals surface area contributed by atoms with Crippen LogP contribution >= 0.6 is 0 Å². The van der Waals surface area contributed by atoms with Crippen molar-refractivity contribution in [1.82, 2.24) is 9.97 Å². The molecule has 0 aliphatic carbocycles. The van der Waals surface area contributed by atoms with Crippen molar-refractivity contribution in [2.75, 3.05) is 0 Å². The summed E-state index contributed by atoms with van der Waals surface area (Å²) in [6.07, 6.45) is 3.16. The summed E-state index contributed by atoms with van der Waals surface area (Å²) in [4.78, 5) is 8.87. The Morgan fingerprint density at radius 3 is 2.21 bits per heavy atom. The number of aromatic nitrogens is 2. The molecule has 0 atom stereocenters. The molecule has 0 saturated heterocycles. The van der Waals surface area contributed by atoms with Crippen LogP contribution in [0.3, 0.4) is 0 Å². The maximum atomic E-state index is 7.92. The number of nitrogens with zero attached hydrogens (tertiary/aromatic N) is 2. The third-order valence-electron chi connectivity index (χ3n) is 8.89. The molecule has 3 nitrogen and oxygen atoms in total. The van der Waals surface area contributed by atoms with Crippen molar-refractivity contribution >= 4 is 57.3 Å². The Bertz CT molecular complexity index is 2460. The second kappa shape index (κ2) is 12.8. The molecule has 7 aromatic rings. The summed E-state index contributed by atoms with van der Waals surface area (Å²) < 4.78 is 56.4. The molecule has 0 spiro atoms. The number of furan rings is 1. The smallest absolute Gasteiger partial charge is 0 e. The van der Waals surface area contributed by atoms with E-state index in [9.17, 15) is 0 Å². The molecule has 0 bridgehead atoms. The molecule has 1 aliphatic rings. The van der Waals surface area contributed by atoms with Crippen molar-refractivity contribution < 1.29 is 32.7 Å². The third kappa shape index (κ3) is 6.00. The van der Waals surface area contributed by atoms with E-state index in [1.807, 2.05) is 36.5 Å². The minimum Gasteiger partial charge on any atom is 0 e. The van der Waals surface area contributed by atoms with E-state index in [-0.39, 0.29) is 31.2 Å². The van der Waals surface area contributed by atoms with Crippen LogP contribution in [-0.2, 0) is 20.1 Å². The molecule has 237 valence electrons. The first-order valence-electron chi connectivity index (χ1n) is 18.4. The minimum absolute atomic E-state index is 0. The zero-order valence-electron chi connectivity index (χ0n) is 33.0. The average Bonchev–Trinajstić information content (AvgIpc) is 3.60. The zero-order chi connectivity index (χ0) is 37.2. The SMILES string of the molecule is C[Si](C)(C)c1ccc(-c2[c-]cccc2)nc1.[2H]C([2H])([2H])c1cnc(-c2[c-]ccc3c2oc2[c]4c(ccc23)-c2cccc[c]2[Ge]4([CH3])[CH3])cc1C([2H])([2H])[2H].[Ir]. The standard InChI is InChI=1S/C27H22GeNO.C14H16NSi.Ir/c1-16-14-24(29-15-17(16)2)22-10-7-9-20-21-13-12-19-18-8-5-6-11-23(18)28(3,4)25(19)27(21)30-26(20)22;1-16(2,3)13-9-10-14(15-11-13)12-7-5-4-6-8-12;/h5-9,11-15H,1-4H3;4-7,9-11H,1-3H3;/q2*-1;/i1D3,2D3;;. The number of hydrogen-bond acceptors (Lipinski definition) is 3. The van der Waals surface area contributed by atoms with Gasteiger partial charge in [0.15, 0.2) is 0 Å². The van der Waals surface area contributed by atoms with Gasteiger partial charge in [0, 0.05) is 26.3 Å². The summed E-state index contributed by atoms with van der Waals surface area (Å²) in [5, 5.41) is 3.29. The number of fused-ring (bicyclic) bond motifs is 7. The van der Waals surface area contributed by atoms with Crippen molar-refractivity contribution in [2.45, 2.75) is 44.9 Å². The first-order chi connectivity index (χ1) is 24.5. The number of pyridine rings is 2. The van der Waals surface area contributed by atoms with E-state index < -0.39 is 35.0 Å². The van der Waals surface area contributed by atoms with Gasteiger partial charge in [-0.1, -0.05) is 31.8 Å². The second-order valence-electron chi connectivity index (χ2n) is 13.3. The second-order valence-corrected chi connectivity index (χ2v) is 27.4. The fraction of sp³-hybridized carbons (Fsp3) is 0.171. The number of benzene rings is 4. The van der Waals surface area contributed by atoms with Crippen LogP contribution in [0.1, 0.15) is 19.4 Å². The van der Waals surface area contributed by atoms with Crippen molar-refractivity contribution in [2.24, 2.45) is 0 Å². The third-order valence-corrected chi connectivity index (χ3v) is 18.3. The summed E-state index contributed by atoms with van der Waals surface area (Å²) in [7, 11) is -1.23. The van der Waals surface area contributed by atoms with Gasteiger partial charge in [-0.25, -0.2) is 0 Å². The Balaban J connectivity index is 0.000000238. The molecule has 4 aromatic carbocycles. The summed E-state index contributed by atoms with van der Waals surface area (Å²) in [6.45, 7) is 1.81. The van der Waals surface area contributed by atoms with E-state index in [1.165, 1.54) is 31.2 Å². The quantitative estimate of drug-likeness (QED) is 0.132. The Hall–Kier alpha value is -3.61. The van der Waals surface area contributed by atoms with Gasteiger partial charge >= 0.3 is 187 Å². The van der Waals surface area contributed by atoms with Gasteiger partial charge in [0.25, 0.3) is 0 Å². The number of rotatable bonds is 3. The molecule has 4 heterocycles. The Kier molecular flexibility index (Phi) is 7.16. The fourth-order valence-electron chi connectivity index (χ4n) is 6.38. The summed E-state index contributed by atoms with van der Waals surface area (Å²) in [6, 6.07) is 36.5. The summed E-state index contributed by atoms with van der Waals surface area (Å²) >= 11 is -2.64. The van der Waals surface area contributed by atoms with Gasteiger partial charge in [0.1, 0.15) is 0 Å². The monoisotopic (exact) mass is 875 g/mol. The molecule has 0 amide bonds. The topological polar surface area (TPSA) is 38.9 Å². The zero-order valence-corrected chi connectivity index (χ0v) is 32.4. The van der Waals surface area contributed by atoms with E-state index >= 15 is 0 Å². The molecule has 0 N–H and O–H groups in total. The van der Waals surface area contributed by atoms with E-state index in [4.69, 9.17) is 12.6 Å². The molecular formula is C41H38GeIrN2OSi-2. The van der Waals surface area contributed by atoms with Gasteiger partial charge in [0.2, 0.25) is 0 Å². The van der Waals surface area contributed by atoms with Crippen molar-refractivity contribution in [3.8, 4) is 33.6 Å². The van der Waals surface area contributed by atoms with E-state index in [1.54, 1.807) is 6.07 Å². The maximum Gasteiger partial charge on any atom is 0 e. The molecule has 47 heavy (non-hydrogen) atoms. The van der Waals surface area contributed by atoms with Crippen LogP contribution < -0.4 is 14.0 Å². The van der Waals surface area contributed by atoms with Crippen LogP contribution in [0.25, 0.3) is 55.6 Å². The van der Waals surface area contributed by atoms with Crippen LogP contribution in [0.2, 0.25) is 31.2 Å². The van der Waals surface area contributed by atoms with Gasteiger partial charge in [-0.3, -0.25) is 0 Å². The maximum absolute atomic E-state index is 7.92. The first-order valence-corrected chi connectivity index (χ1v) is 25.2. The average molecular weight is 874 g/mol. The van der Waals surface area contributed by atoms with Crippen molar-refractivity contribution in [3.63, 3.8) is 0 Å². The Morgan fingerprint density at radius 2 is 1.49 bits per heavy atom. The van der Waals surface area contributed by atoms with E-state index in [0.717, 1.165) is 33.8 Å². The largest absolute Gasteiger partial charge is 0 e. The Labute approximate surface area is 303 Å². The molecular weight excluding hydrogens is 829 g/mol. The number of hydrogen-bond donors (Lipinski definition) is 0. The molecule has 1 radical (unpaired) electrons. The molecule has 0 saturated carbocycles. The Morgan fingerprint density at radius 1 is 0.723 bits per heavy atom. The van der Waals surface area contributed by atoms with Crippen LogP contribution in [0.5, 0.6) is 0 Å². The fourth-order valence-corrected chi connectivity index (χ4v) is 14.4. The molecule has 8 rings (SSSR count). The molecule has 0 fully saturated rings. The van der Waals surface area contributed by atoms with Gasteiger partial charge in [0.05, 0.1) is 8.07 Å². The predicted octanol–water partition coefficient (Wildman–Crippen LogP) is 8.96. The van der Waals surface area contributed by atoms with Crippen LogP contribution in [0.15, 0.2) is 108 Å². The van der Waals surface area contributed by atoms with Crippen molar-refractivity contribution in [3.05, 3.63) is 127 Å². The van der Waals surface area contributed by atoms with Crippen LogP contribution in [0, 0.1) is 25.8 Å². The van der Waals surface area contributed by atoms with Crippen molar-refractivity contribution in [1.29, 1.82) is 0 Å². The summed E-state index contributed by atoms with van der Waals surface area (Å²) in [5.41, 5.74) is 6.32. The molecule has 1 aliphatic heterocycles. The number of aryl methyl sites for hydroxylation is 2. The normalized spacial score (nSPS) is 15.4. The molecule has 6 heteroatoms. The van der Waals surface area contributed by atoms with Gasteiger partial charge < -0.3 is 4.98 Å². The van der Waals surface area contributed by atoms with E-state index in [0.29, 0.717) is 16.8 Å². The summed E-state index contributed by atoms with van der Waals surface area (Å²) in [5.74, 6) is 4.75. The first kappa shape index (κ1) is 26.4. The van der Waals surface area contributed by atoms with Gasteiger partial charge in [-0.15, -0.1) is 35.9 Å². The van der Waals surface area contributed by atoms with Gasteiger partial charge in [-0.05, 0) is 10.9 Å². The predicted molar refractivity (Wildman–Crippen MR) is 199 cm³/mol. The molecule has 0 unspecified atom stereocenters.